The van der Waals surface area contributed by atoms with E-state index in [1.54, 1.807) is 30.3 Å². The minimum atomic E-state index is -0.383. The van der Waals surface area contributed by atoms with Crippen LogP contribution in [0.1, 0.15) is 20.7 Å². The van der Waals surface area contributed by atoms with Gasteiger partial charge in [-0.3, -0.25) is 14.5 Å². The third-order valence-electron chi connectivity index (χ3n) is 3.20. The van der Waals surface area contributed by atoms with Crippen molar-refractivity contribution >= 4 is 33.4 Å². The molecule has 0 aliphatic carbocycles. The Labute approximate surface area is 128 Å². The maximum absolute atomic E-state index is 13.1. The molecular weight excluding hydrogens is 339 g/mol. The van der Waals surface area contributed by atoms with Crippen LogP contribution in [0.3, 0.4) is 0 Å². The summed E-state index contributed by atoms with van der Waals surface area (Å²) in [5, 5.41) is 2.87. The summed E-state index contributed by atoms with van der Waals surface area (Å²) in [6.07, 6.45) is 0. The highest BCUT2D eigenvalue weighted by molar-refractivity contribution is 9.10. The number of hydrogen-bond donors (Lipinski definition) is 1. The number of carbonyl (C=O) groups is 2. The van der Waals surface area contributed by atoms with Gasteiger partial charge in [-0.25, -0.2) is 4.39 Å². The normalized spacial score (nSPS) is 13.5. The van der Waals surface area contributed by atoms with Crippen LogP contribution in [-0.2, 0) is 0 Å². The molecule has 2 amide bonds. The van der Waals surface area contributed by atoms with E-state index in [-0.39, 0.29) is 24.3 Å². The molecule has 1 N–H and O–H groups in total. The number of rotatable bonds is 3. The van der Waals surface area contributed by atoms with E-state index in [0.717, 1.165) is 9.37 Å². The molecule has 4 nitrogen and oxygen atoms in total. The first-order valence-electron chi connectivity index (χ1n) is 6.21. The summed E-state index contributed by atoms with van der Waals surface area (Å²) >= 11 is 3.28. The Morgan fingerprint density at radius 1 is 1.05 bits per heavy atom. The number of anilines is 1. The standard InChI is InChI=1S/C15H10BrFN2O2/c16-9-4-5-12-13(6-9)15(21)19(14(12)20)8-18-11-3-1-2-10(17)7-11/h1-7,18H,8H2. The fraction of sp³-hybridized carbons (Fsp3) is 0.0667. The lowest BCUT2D eigenvalue weighted by molar-refractivity contribution is 0.0666. The van der Waals surface area contributed by atoms with Gasteiger partial charge in [0.25, 0.3) is 11.8 Å². The highest BCUT2D eigenvalue weighted by atomic mass is 79.9. The molecule has 0 spiro atoms. The average molecular weight is 349 g/mol. The first kappa shape index (κ1) is 13.8. The lowest BCUT2D eigenvalue weighted by Crippen LogP contribution is -2.34. The van der Waals surface area contributed by atoms with Gasteiger partial charge < -0.3 is 5.32 Å². The van der Waals surface area contributed by atoms with Gasteiger partial charge in [0.05, 0.1) is 17.8 Å². The molecule has 21 heavy (non-hydrogen) atoms. The topological polar surface area (TPSA) is 49.4 Å². The molecule has 1 heterocycles. The van der Waals surface area contributed by atoms with Crippen LogP contribution in [0.5, 0.6) is 0 Å². The van der Waals surface area contributed by atoms with E-state index in [2.05, 4.69) is 21.2 Å². The van der Waals surface area contributed by atoms with Crippen LogP contribution in [0.15, 0.2) is 46.9 Å². The van der Waals surface area contributed by atoms with E-state index in [1.807, 2.05) is 0 Å². The number of carbonyl (C=O) groups excluding carboxylic acids is 2. The molecule has 2 aromatic rings. The van der Waals surface area contributed by atoms with Gasteiger partial charge >= 0.3 is 0 Å². The van der Waals surface area contributed by atoms with Gasteiger partial charge in [-0.1, -0.05) is 22.0 Å². The zero-order valence-electron chi connectivity index (χ0n) is 10.8. The second kappa shape index (κ2) is 5.29. The molecule has 0 saturated heterocycles. The van der Waals surface area contributed by atoms with Gasteiger partial charge in [-0.15, -0.1) is 0 Å². The Balaban J connectivity index is 1.79. The Hall–Kier alpha value is -2.21. The Morgan fingerprint density at radius 3 is 2.57 bits per heavy atom. The summed E-state index contributed by atoms with van der Waals surface area (Å²) in [6, 6.07) is 10.8. The van der Waals surface area contributed by atoms with Gasteiger partial charge in [-0.05, 0) is 36.4 Å². The van der Waals surface area contributed by atoms with Crippen molar-refractivity contribution < 1.29 is 14.0 Å². The molecule has 1 aliphatic rings. The first-order chi connectivity index (χ1) is 10.1. The molecule has 2 aromatic carbocycles. The molecule has 106 valence electrons. The summed E-state index contributed by atoms with van der Waals surface area (Å²) in [4.78, 5) is 25.5. The molecule has 0 aromatic heterocycles. The minimum Gasteiger partial charge on any atom is -0.367 e. The van der Waals surface area contributed by atoms with Gasteiger partial charge in [0, 0.05) is 10.2 Å². The molecule has 0 bridgehead atoms. The fourth-order valence-corrected chi connectivity index (χ4v) is 2.54. The van der Waals surface area contributed by atoms with E-state index in [9.17, 15) is 14.0 Å². The van der Waals surface area contributed by atoms with Crippen LogP contribution in [-0.4, -0.2) is 23.4 Å². The van der Waals surface area contributed by atoms with Crippen molar-refractivity contribution in [2.24, 2.45) is 0 Å². The van der Waals surface area contributed by atoms with Crippen molar-refractivity contribution in [2.45, 2.75) is 0 Å². The number of nitrogens with one attached hydrogen (secondary N) is 1. The number of halogens is 2. The number of amides is 2. The Morgan fingerprint density at radius 2 is 1.81 bits per heavy atom. The molecule has 1 aliphatic heterocycles. The molecular formula is C15H10BrFN2O2. The second-order valence-electron chi connectivity index (χ2n) is 4.57. The lowest BCUT2D eigenvalue weighted by atomic mass is 10.1. The summed E-state index contributed by atoms with van der Waals surface area (Å²) in [6.45, 7) is -0.00653. The van der Waals surface area contributed by atoms with Gasteiger partial charge in [0.1, 0.15) is 5.82 Å². The molecule has 0 fully saturated rings. The van der Waals surface area contributed by atoms with Crippen LogP contribution in [0, 0.1) is 5.82 Å². The van der Waals surface area contributed by atoms with Crippen LogP contribution < -0.4 is 5.32 Å². The number of fused-ring (bicyclic) bond motifs is 1. The molecule has 0 unspecified atom stereocenters. The van der Waals surface area contributed by atoms with Crippen molar-refractivity contribution in [1.82, 2.24) is 4.90 Å². The number of imide groups is 1. The third kappa shape index (κ3) is 2.54. The maximum Gasteiger partial charge on any atom is 0.263 e. The molecule has 0 radical (unpaired) electrons. The monoisotopic (exact) mass is 348 g/mol. The summed E-state index contributed by atoms with van der Waals surface area (Å²) in [5.41, 5.74) is 1.26. The fourth-order valence-electron chi connectivity index (χ4n) is 2.18. The number of benzene rings is 2. The Kier molecular flexibility index (Phi) is 3.47. The van der Waals surface area contributed by atoms with Crippen LogP contribution in [0.2, 0.25) is 0 Å². The zero-order chi connectivity index (χ0) is 15.0. The van der Waals surface area contributed by atoms with E-state index in [4.69, 9.17) is 0 Å². The molecule has 6 heteroatoms. The number of hydrogen-bond acceptors (Lipinski definition) is 3. The maximum atomic E-state index is 13.1. The van der Waals surface area contributed by atoms with Crippen molar-refractivity contribution in [3.63, 3.8) is 0 Å². The SMILES string of the molecule is O=C1c2ccc(Br)cc2C(=O)N1CNc1cccc(F)c1. The quantitative estimate of drug-likeness (QED) is 0.866. The van der Waals surface area contributed by atoms with Crippen LogP contribution in [0.4, 0.5) is 10.1 Å². The van der Waals surface area contributed by atoms with Crippen molar-refractivity contribution in [1.29, 1.82) is 0 Å². The molecule has 0 saturated carbocycles. The lowest BCUT2D eigenvalue weighted by Gasteiger charge is -2.15. The third-order valence-corrected chi connectivity index (χ3v) is 3.69. The summed E-state index contributed by atoms with van der Waals surface area (Å²) < 4.78 is 13.8. The van der Waals surface area contributed by atoms with Crippen molar-refractivity contribution in [3.05, 3.63) is 63.9 Å². The zero-order valence-corrected chi connectivity index (χ0v) is 12.4. The van der Waals surface area contributed by atoms with Gasteiger partial charge in [0.2, 0.25) is 0 Å². The second-order valence-corrected chi connectivity index (χ2v) is 5.49. The van der Waals surface area contributed by atoms with E-state index in [1.165, 1.54) is 12.1 Å². The van der Waals surface area contributed by atoms with Crippen molar-refractivity contribution in [2.75, 3.05) is 12.0 Å². The van der Waals surface area contributed by atoms with Gasteiger partial charge in [-0.2, -0.15) is 0 Å². The largest absolute Gasteiger partial charge is 0.367 e. The minimum absolute atomic E-state index is 0.00653. The molecule has 0 atom stereocenters. The summed E-state index contributed by atoms with van der Waals surface area (Å²) in [5.74, 6) is -1.10. The smallest absolute Gasteiger partial charge is 0.263 e. The van der Waals surface area contributed by atoms with Crippen molar-refractivity contribution in [3.8, 4) is 0 Å². The predicted octanol–water partition coefficient (Wildman–Crippen LogP) is 3.25. The highest BCUT2D eigenvalue weighted by Gasteiger charge is 2.35. The Bertz CT molecular complexity index is 748. The predicted molar refractivity (Wildman–Crippen MR) is 79.5 cm³/mol. The first-order valence-corrected chi connectivity index (χ1v) is 7.01. The average Bonchev–Trinajstić information content (AvgIpc) is 2.69. The van der Waals surface area contributed by atoms with E-state index >= 15 is 0 Å². The summed E-state index contributed by atoms with van der Waals surface area (Å²) in [7, 11) is 0. The van der Waals surface area contributed by atoms with Crippen LogP contribution in [0.25, 0.3) is 0 Å². The molecule has 3 rings (SSSR count). The van der Waals surface area contributed by atoms with E-state index < -0.39 is 0 Å². The van der Waals surface area contributed by atoms with Gasteiger partial charge in [0.15, 0.2) is 0 Å². The highest BCUT2D eigenvalue weighted by Crippen LogP contribution is 2.26. The van der Waals surface area contributed by atoms with Crippen LogP contribution >= 0.6 is 15.9 Å². The number of nitrogens with zero attached hydrogens (tertiary/aromatic N) is 1. The van der Waals surface area contributed by atoms with E-state index in [0.29, 0.717) is 16.8 Å².